The van der Waals surface area contributed by atoms with Gasteiger partial charge in [0.1, 0.15) is 18.2 Å². The summed E-state index contributed by atoms with van der Waals surface area (Å²) in [5.74, 6) is 1.65. The maximum atomic E-state index is 8.50. The molecule has 0 unspecified atom stereocenters. The van der Waals surface area contributed by atoms with E-state index in [-0.39, 0.29) is 0 Å². The van der Waals surface area contributed by atoms with E-state index in [1.165, 1.54) is 0 Å². The Bertz CT molecular complexity index is 387. The summed E-state index contributed by atoms with van der Waals surface area (Å²) in [6.45, 7) is 0.934. The molecule has 1 aromatic heterocycles. The van der Waals surface area contributed by atoms with Crippen molar-refractivity contribution in [2.45, 2.75) is 13.0 Å². The molecular weight excluding hydrogens is 206 g/mol. The highest BCUT2D eigenvalue weighted by Gasteiger charge is 2.06. The average Bonchev–Trinajstić information content (AvgIpc) is 2.25. The van der Waals surface area contributed by atoms with Gasteiger partial charge in [0.25, 0.3) is 0 Å². The summed E-state index contributed by atoms with van der Waals surface area (Å²) >= 11 is 0. The minimum Gasteiger partial charge on any atom is -0.384 e. The molecule has 16 heavy (non-hydrogen) atoms. The molecule has 0 aliphatic rings. The van der Waals surface area contributed by atoms with Crippen LogP contribution in [0.2, 0.25) is 0 Å². The van der Waals surface area contributed by atoms with E-state index >= 15 is 0 Å². The summed E-state index contributed by atoms with van der Waals surface area (Å²) in [7, 11) is 3.43. The number of nitrogens with two attached hydrogens (primary N) is 1. The fourth-order valence-electron chi connectivity index (χ4n) is 1.22. The van der Waals surface area contributed by atoms with Gasteiger partial charge in [-0.2, -0.15) is 5.26 Å². The number of hydrogen-bond donors (Lipinski definition) is 1. The third-order valence-corrected chi connectivity index (χ3v) is 2.00. The van der Waals surface area contributed by atoms with Crippen molar-refractivity contribution in [3.05, 3.63) is 11.9 Å². The molecule has 86 valence electrons. The second kappa shape index (κ2) is 5.88. The van der Waals surface area contributed by atoms with Crippen LogP contribution in [0.3, 0.4) is 0 Å². The molecule has 0 aliphatic carbocycles. The lowest BCUT2D eigenvalue weighted by Crippen LogP contribution is -2.20. The van der Waals surface area contributed by atoms with Gasteiger partial charge < -0.3 is 15.4 Å². The predicted molar refractivity (Wildman–Crippen MR) is 60.7 cm³/mol. The molecule has 1 heterocycles. The van der Waals surface area contributed by atoms with Crippen molar-refractivity contribution in [1.82, 2.24) is 9.97 Å². The fourth-order valence-corrected chi connectivity index (χ4v) is 1.22. The molecule has 0 radical (unpaired) electrons. The SMILES string of the molecule is COCc1nc(N)cc(N(C)CCC#N)n1. The number of anilines is 2. The summed E-state index contributed by atoms with van der Waals surface area (Å²) in [4.78, 5) is 10.2. The van der Waals surface area contributed by atoms with Gasteiger partial charge in [-0.1, -0.05) is 0 Å². The molecule has 0 atom stereocenters. The first-order valence-electron chi connectivity index (χ1n) is 4.88. The van der Waals surface area contributed by atoms with Crippen LogP contribution in [0.5, 0.6) is 0 Å². The molecule has 0 spiro atoms. The third kappa shape index (κ3) is 3.37. The lowest BCUT2D eigenvalue weighted by atomic mass is 10.4. The van der Waals surface area contributed by atoms with E-state index in [0.717, 1.165) is 0 Å². The van der Waals surface area contributed by atoms with Crippen molar-refractivity contribution < 1.29 is 4.74 Å². The van der Waals surface area contributed by atoms with Crippen LogP contribution in [0.1, 0.15) is 12.2 Å². The van der Waals surface area contributed by atoms with Crippen LogP contribution in [0.15, 0.2) is 6.07 Å². The van der Waals surface area contributed by atoms with E-state index in [1.807, 2.05) is 11.9 Å². The van der Waals surface area contributed by atoms with Crippen molar-refractivity contribution in [3.8, 4) is 6.07 Å². The molecular formula is C10H15N5O. The number of nitrogen functional groups attached to an aromatic ring is 1. The highest BCUT2D eigenvalue weighted by atomic mass is 16.5. The number of aromatic nitrogens is 2. The third-order valence-electron chi connectivity index (χ3n) is 2.00. The number of hydrogen-bond acceptors (Lipinski definition) is 6. The Kier molecular flexibility index (Phi) is 4.48. The highest BCUT2D eigenvalue weighted by molar-refractivity contribution is 5.46. The van der Waals surface area contributed by atoms with Gasteiger partial charge in [-0.05, 0) is 0 Å². The molecule has 0 saturated heterocycles. The van der Waals surface area contributed by atoms with E-state index < -0.39 is 0 Å². The van der Waals surface area contributed by atoms with Crippen LogP contribution in [0, 0.1) is 11.3 Å². The summed E-state index contributed by atoms with van der Waals surface area (Å²) in [6.07, 6.45) is 0.444. The average molecular weight is 221 g/mol. The molecule has 0 aromatic carbocycles. The van der Waals surface area contributed by atoms with Crippen LogP contribution in [0.4, 0.5) is 11.6 Å². The van der Waals surface area contributed by atoms with Crippen molar-refractivity contribution in [2.75, 3.05) is 31.3 Å². The van der Waals surface area contributed by atoms with Crippen LogP contribution in [-0.4, -0.2) is 30.7 Å². The van der Waals surface area contributed by atoms with Gasteiger partial charge in [0.05, 0.1) is 12.5 Å². The van der Waals surface area contributed by atoms with E-state index in [1.54, 1.807) is 13.2 Å². The van der Waals surface area contributed by atoms with Gasteiger partial charge in [0.15, 0.2) is 5.82 Å². The topological polar surface area (TPSA) is 88.1 Å². The largest absolute Gasteiger partial charge is 0.384 e. The number of nitrogens with zero attached hydrogens (tertiary/aromatic N) is 4. The standard InChI is InChI=1S/C10H15N5O/c1-15(5-3-4-11)10-6-8(12)13-9(14-10)7-16-2/h6H,3,5,7H2,1-2H3,(H2,12,13,14). The maximum absolute atomic E-state index is 8.50. The first-order chi connectivity index (χ1) is 7.67. The van der Waals surface area contributed by atoms with Crippen molar-refractivity contribution in [1.29, 1.82) is 5.26 Å². The fraction of sp³-hybridized carbons (Fsp3) is 0.500. The zero-order chi connectivity index (χ0) is 12.0. The molecule has 0 aliphatic heterocycles. The van der Waals surface area contributed by atoms with Gasteiger partial charge in [-0.15, -0.1) is 0 Å². The maximum Gasteiger partial charge on any atom is 0.158 e. The summed E-state index contributed by atoms with van der Waals surface area (Å²) in [5, 5.41) is 8.50. The zero-order valence-corrected chi connectivity index (χ0v) is 9.47. The molecule has 0 bridgehead atoms. The molecule has 1 rings (SSSR count). The molecule has 1 aromatic rings. The predicted octanol–water partition coefficient (Wildman–Crippen LogP) is 0.555. The van der Waals surface area contributed by atoms with Crippen molar-refractivity contribution in [3.63, 3.8) is 0 Å². The molecule has 6 heteroatoms. The Morgan fingerprint density at radius 1 is 1.56 bits per heavy atom. The van der Waals surface area contributed by atoms with Gasteiger partial charge in [0, 0.05) is 26.8 Å². The van der Waals surface area contributed by atoms with Gasteiger partial charge in [-0.3, -0.25) is 0 Å². The Hall–Kier alpha value is -1.87. The summed E-state index contributed by atoms with van der Waals surface area (Å²) in [5.41, 5.74) is 5.66. The van der Waals surface area contributed by atoms with Crippen LogP contribution < -0.4 is 10.6 Å². The number of nitriles is 1. The lowest BCUT2D eigenvalue weighted by molar-refractivity contribution is 0.178. The van der Waals surface area contributed by atoms with Crippen molar-refractivity contribution >= 4 is 11.6 Å². The first kappa shape index (κ1) is 12.2. The van der Waals surface area contributed by atoms with E-state index in [4.69, 9.17) is 15.7 Å². The van der Waals surface area contributed by atoms with Gasteiger partial charge in [-0.25, -0.2) is 9.97 Å². The Morgan fingerprint density at radius 3 is 2.94 bits per heavy atom. The second-order valence-corrected chi connectivity index (χ2v) is 3.33. The van der Waals surface area contributed by atoms with Crippen LogP contribution in [0.25, 0.3) is 0 Å². The smallest absolute Gasteiger partial charge is 0.158 e. The van der Waals surface area contributed by atoms with E-state index in [0.29, 0.717) is 37.0 Å². The number of rotatable bonds is 5. The van der Waals surface area contributed by atoms with Gasteiger partial charge in [0.2, 0.25) is 0 Å². The van der Waals surface area contributed by atoms with E-state index in [9.17, 15) is 0 Å². The summed E-state index contributed by atoms with van der Waals surface area (Å²) in [6, 6.07) is 3.76. The van der Waals surface area contributed by atoms with Gasteiger partial charge >= 0.3 is 0 Å². The summed E-state index contributed by atoms with van der Waals surface area (Å²) < 4.78 is 4.95. The minimum atomic E-state index is 0.324. The van der Waals surface area contributed by atoms with Crippen LogP contribution >= 0.6 is 0 Å². The Morgan fingerprint density at radius 2 is 2.31 bits per heavy atom. The van der Waals surface area contributed by atoms with E-state index in [2.05, 4.69) is 16.0 Å². The minimum absolute atomic E-state index is 0.324. The molecule has 0 fully saturated rings. The zero-order valence-electron chi connectivity index (χ0n) is 9.47. The number of ether oxygens (including phenoxy) is 1. The highest BCUT2D eigenvalue weighted by Crippen LogP contribution is 2.13. The van der Waals surface area contributed by atoms with Crippen molar-refractivity contribution in [2.24, 2.45) is 0 Å². The lowest BCUT2D eigenvalue weighted by Gasteiger charge is -2.17. The molecule has 0 amide bonds. The van der Waals surface area contributed by atoms with Crippen LogP contribution in [-0.2, 0) is 11.3 Å². The first-order valence-corrected chi connectivity index (χ1v) is 4.88. The Labute approximate surface area is 94.7 Å². The normalized spacial score (nSPS) is 9.81. The second-order valence-electron chi connectivity index (χ2n) is 3.33. The molecule has 6 nitrogen and oxygen atoms in total. The molecule has 2 N–H and O–H groups in total. The monoisotopic (exact) mass is 221 g/mol. The molecule has 0 saturated carbocycles. The Balaban J connectivity index is 2.82. The number of methoxy groups -OCH3 is 1. The quantitative estimate of drug-likeness (QED) is 0.781.